The molecule has 43 heavy (non-hydrogen) atoms. The molecular formula is C35H71O7P. The Morgan fingerprint density at radius 1 is 0.535 bits per heavy atom. The third-order valence-electron chi connectivity index (χ3n) is 8.16. The second kappa shape index (κ2) is 32.9. The number of hydrogen-bond donors (Lipinski definition) is 2. The molecule has 0 aliphatic carbocycles. The summed E-state index contributed by atoms with van der Waals surface area (Å²) >= 11 is 0. The standard InChI is InChI=1S/C35H71O7P/c1-3-5-7-9-11-13-15-17-18-19-20-22-24-26-28-30-35(36)42-34(33-41-43(37,38)39)32-40-31-29-27-25-23-21-16-14-12-10-8-6-4-2/h34H,3-33H2,1-2H3,(H2,37,38,39)/t34-/m1/s1. The Morgan fingerprint density at radius 2 is 0.884 bits per heavy atom. The zero-order valence-electron chi connectivity index (χ0n) is 28.4. The number of esters is 1. The summed E-state index contributed by atoms with van der Waals surface area (Å²) in [5.74, 6) is -0.358. The van der Waals surface area contributed by atoms with Gasteiger partial charge in [-0.3, -0.25) is 9.32 Å². The molecule has 1 atom stereocenters. The van der Waals surface area contributed by atoms with Crippen molar-refractivity contribution in [3.8, 4) is 0 Å². The molecule has 0 fully saturated rings. The van der Waals surface area contributed by atoms with Crippen LogP contribution in [0.3, 0.4) is 0 Å². The predicted octanol–water partition coefficient (Wildman–Crippen LogP) is 11.0. The van der Waals surface area contributed by atoms with Crippen molar-refractivity contribution in [3.63, 3.8) is 0 Å². The molecule has 0 rings (SSSR count). The maximum Gasteiger partial charge on any atom is 0.469 e. The lowest BCUT2D eigenvalue weighted by Crippen LogP contribution is -2.28. The van der Waals surface area contributed by atoms with E-state index in [9.17, 15) is 9.36 Å². The van der Waals surface area contributed by atoms with Gasteiger partial charge in [-0.25, -0.2) is 4.57 Å². The van der Waals surface area contributed by atoms with Crippen LogP contribution in [0.5, 0.6) is 0 Å². The molecule has 8 heteroatoms. The van der Waals surface area contributed by atoms with Gasteiger partial charge in [-0.05, 0) is 12.8 Å². The van der Waals surface area contributed by atoms with E-state index >= 15 is 0 Å². The molecule has 0 saturated heterocycles. The topological polar surface area (TPSA) is 102 Å². The van der Waals surface area contributed by atoms with Crippen LogP contribution in [-0.2, 0) is 23.4 Å². The Balaban J connectivity index is 3.79. The molecule has 0 aliphatic heterocycles. The van der Waals surface area contributed by atoms with Gasteiger partial charge in [-0.1, -0.05) is 174 Å². The molecule has 0 aromatic heterocycles. The van der Waals surface area contributed by atoms with Crippen LogP contribution >= 0.6 is 7.82 Å². The number of rotatable bonds is 35. The van der Waals surface area contributed by atoms with Crippen LogP contribution in [-0.4, -0.2) is 41.7 Å². The zero-order valence-corrected chi connectivity index (χ0v) is 29.3. The Kier molecular flexibility index (Phi) is 32.6. The highest BCUT2D eigenvalue weighted by Gasteiger charge is 2.21. The van der Waals surface area contributed by atoms with Crippen LogP contribution in [0.4, 0.5) is 0 Å². The van der Waals surface area contributed by atoms with E-state index in [4.69, 9.17) is 19.3 Å². The van der Waals surface area contributed by atoms with Crippen molar-refractivity contribution in [2.24, 2.45) is 0 Å². The van der Waals surface area contributed by atoms with E-state index in [0.717, 1.165) is 32.1 Å². The molecule has 0 bridgehead atoms. The maximum absolute atomic E-state index is 12.3. The second-order valence-electron chi connectivity index (χ2n) is 12.6. The van der Waals surface area contributed by atoms with Crippen molar-refractivity contribution in [3.05, 3.63) is 0 Å². The number of unbranched alkanes of at least 4 members (excludes halogenated alkanes) is 25. The average Bonchev–Trinajstić information content (AvgIpc) is 2.97. The van der Waals surface area contributed by atoms with Crippen LogP contribution in [0.15, 0.2) is 0 Å². The first-order chi connectivity index (χ1) is 20.9. The highest BCUT2D eigenvalue weighted by Crippen LogP contribution is 2.36. The lowest BCUT2D eigenvalue weighted by atomic mass is 10.0. The van der Waals surface area contributed by atoms with Crippen LogP contribution < -0.4 is 0 Å². The fourth-order valence-corrected chi connectivity index (χ4v) is 5.80. The Labute approximate surface area is 266 Å². The summed E-state index contributed by atoms with van der Waals surface area (Å²) in [7, 11) is -4.64. The van der Waals surface area contributed by atoms with Gasteiger partial charge in [-0.15, -0.1) is 0 Å². The van der Waals surface area contributed by atoms with E-state index < -0.39 is 13.9 Å². The molecule has 2 N–H and O–H groups in total. The molecular weight excluding hydrogens is 563 g/mol. The van der Waals surface area contributed by atoms with Crippen LogP contribution in [0.2, 0.25) is 0 Å². The largest absolute Gasteiger partial charge is 0.469 e. The number of hydrogen-bond acceptors (Lipinski definition) is 5. The SMILES string of the molecule is CCCCCCCCCCCCCCCCCC(=O)O[C@H](COCCCCCCCCCCCCCC)COP(=O)(O)O. The van der Waals surface area contributed by atoms with Gasteiger partial charge in [-0.2, -0.15) is 0 Å². The molecule has 0 aromatic rings. The first-order valence-electron chi connectivity index (χ1n) is 18.4. The Hall–Kier alpha value is -0.460. The van der Waals surface area contributed by atoms with Gasteiger partial charge < -0.3 is 19.3 Å². The summed E-state index contributed by atoms with van der Waals surface area (Å²) in [6.07, 6.45) is 33.7. The minimum atomic E-state index is -4.64. The highest BCUT2D eigenvalue weighted by molar-refractivity contribution is 7.46. The molecule has 0 aromatic carbocycles. The van der Waals surface area contributed by atoms with Gasteiger partial charge in [0.1, 0.15) is 6.10 Å². The summed E-state index contributed by atoms with van der Waals surface area (Å²) in [5, 5.41) is 0. The predicted molar refractivity (Wildman–Crippen MR) is 179 cm³/mol. The average molecular weight is 635 g/mol. The quantitative estimate of drug-likeness (QED) is 0.0406. The molecule has 0 saturated carbocycles. The van der Waals surface area contributed by atoms with E-state index in [1.807, 2.05) is 0 Å². The maximum atomic E-state index is 12.3. The van der Waals surface area contributed by atoms with Gasteiger partial charge >= 0.3 is 13.8 Å². The number of carbonyl (C=O) groups excluding carboxylic acids is 1. The molecule has 0 spiro atoms. The van der Waals surface area contributed by atoms with Crippen LogP contribution in [0.1, 0.15) is 194 Å². The second-order valence-corrected chi connectivity index (χ2v) is 13.8. The molecule has 0 radical (unpaired) electrons. The van der Waals surface area contributed by atoms with Crippen molar-refractivity contribution >= 4 is 13.8 Å². The lowest BCUT2D eigenvalue weighted by molar-refractivity contribution is -0.154. The van der Waals surface area contributed by atoms with Gasteiger partial charge in [0, 0.05) is 13.0 Å². The molecule has 0 aliphatic rings. The van der Waals surface area contributed by atoms with E-state index in [1.54, 1.807) is 0 Å². The van der Waals surface area contributed by atoms with E-state index in [1.165, 1.54) is 141 Å². The zero-order chi connectivity index (χ0) is 31.7. The normalized spacial score (nSPS) is 12.6. The fourth-order valence-electron chi connectivity index (χ4n) is 5.44. The minimum Gasteiger partial charge on any atom is -0.457 e. The number of phosphoric acid groups is 1. The number of carbonyl (C=O) groups is 1. The van der Waals surface area contributed by atoms with Gasteiger partial charge in [0.2, 0.25) is 0 Å². The summed E-state index contributed by atoms with van der Waals surface area (Å²) in [5.41, 5.74) is 0. The van der Waals surface area contributed by atoms with E-state index in [2.05, 4.69) is 18.4 Å². The first-order valence-corrected chi connectivity index (χ1v) is 19.9. The van der Waals surface area contributed by atoms with Crippen molar-refractivity contribution in [1.29, 1.82) is 0 Å². The fraction of sp³-hybridized carbons (Fsp3) is 0.971. The van der Waals surface area contributed by atoms with Gasteiger partial charge in [0.15, 0.2) is 0 Å². The summed E-state index contributed by atoms with van der Waals surface area (Å²) in [6, 6.07) is 0. The molecule has 0 amide bonds. The first kappa shape index (κ1) is 42.5. The smallest absolute Gasteiger partial charge is 0.457 e. The third kappa shape index (κ3) is 35.9. The van der Waals surface area contributed by atoms with Crippen LogP contribution in [0, 0.1) is 0 Å². The van der Waals surface area contributed by atoms with Crippen molar-refractivity contribution in [1.82, 2.24) is 0 Å². The Bertz CT molecular complexity index is 625. The van der Waals surface area contributed by atoms with Crippen molar-refractivity contribution in [2.75, 3.05) is 19.8 Å². The van der Waals surface area contributed by atoms with Crippen molar-refractivity contribution in [2.45, 2.75) is 200 Å². The van der Waals surface area contributed by atoms with Gasteiger partial charge in [0.25, 0.3) is 0 Å². The molecule has 258 valence electrons. The monoisotopic (exact) mass is 634 g/mol. The third-order valence-corrected chi connectivity index (χ3v) is 8.64. The number of ether oxygens (including phenoxy) is 2. The number of phosphoric ester groups is 1. The minimum absolute atomic E-state index is 0.0859. The van der Waals surface area contributed by atoms with Crippen LogP contribution in [0.25, 0.3) is 0 Å². The van der Waals surface area contributed by atoms with E-state index in [0.29, 0.717) is 13.0 Å². The van der Waals surface area contributed by atoms with Crippen molar-refractivity contribution < 1.29 is 33.1 Å². The summed E-state index contributed by atoms with van der Waals surface area (Å²) in [6.45, 7) is 4.77. The molecule has 7 nitrogen and oxygen atoms in total. The summed E-state index contributed by atoms with van der Waals surface area (Å²) in [4.78, 5) is 30.4. The van der Waals surface area contributed by atoms with Gasteiger partial charge in [0.05, 0.1) is 13.2 Å². The lowest BCUT2D eigenvalue weighted by Gasteiger charge is -2.18. The molecule has 0 unspecified atom stereocenters. The van der Waals surface area contributed by atoms with E-state index in [-0.39, 0.29) is 19.2 Å². The molecule has 0 heterocycles. The Morgan fingerprint density at radius 3 is 1.26 bits per heavy atom. The summed E-state index contributed by atoms with van der Waals surface area (Å²) < 4.78 is 26.9. The highest BCUT2D eigenvalue weighted by atomic mass is 31.2.